The van der Waals surface area contributed by atoms with Crippen LogP contribution < -0.4 is 10.1 Å². The fraction of sp³-hybridized carbons (Fsp3) is 0.278. The molecule has 2 aromatic rings. The van der Waals surface area contributed by atoms with E-state index < -0.39 is 0 Å². The summed E-state index contributed by atoms with van der Waals surface area (Å²) >= 11 is 7.33. The summed E-state index contributed by atoms with van der Waals surface area (Å²) in [5.41, 5.74) is 3.33. The molecule has 0 saturated heterocycles. The number of carbonyl (C=O) groups excluding carboxylic acids is 1. The van der Waals surface area contributed by atoms with Gasteiger partial charge in [0, 0.05) is 11.4 Å². The zero-order valence-corrected chi connectivity index (χ0v) is 15.2. The highest BCUT2D eigenvalue weighted by atomic mass is 35.5. The van der Waals surface area contributed by atoms with Gasteiger partial charge in [0.05, 0.1) is 23.4 Å². The molecule has 128 valence electrons. The number of ether oxygens (including phenoxy) is 1. The Hall–Kier alpha value is -2.23. The van der Waals surface area contributed by atoms with Crippen molar-refractivity contribution in [2.75, 3.05) is 18.2 Å². The number of nitrogens with zero attached hydrogens (tertiary/aromatic N) is 2. The minimum Gasteiger partial charge on any atom is -0.495 e. The Morgan fingerprint density at radius 3 is 3.00 bits per heavy atom. The number of aryl methyl sites for hydroxylation is 2. The van der Waals surface area contributed by atoms with Crippen molar-refractivity contribution in [1.29, 1.82) is 5.26 Å². The summed E-state index contributed by atoms with van der Waals surface area (Å²) in [6.45, 7) is 0. The van der Waals surface area contributed by atoms with Gasteiger partial charge in [0.25, 0.3) is 0 Å². The van der Waals surface area contributed by atoms with Crippen molar-refractivity contribution in [2.45, 2.75) is 24.3 Å². The molecule has 1 aliphatic rings. The number of halogens is 1. The second kappa shape index (κ2) is 7.77. The lowest BCUT2D eigenvalue weighted by atomic mass is 10.2. The molecule has 1 aromatic carbocycles. The van der Waals surface area contributed by atoms with Gasteiger partial charge in [-0.25, -0.2) is 4.98 Å². The number of thioether (sulfide) groups is 1. The first kappa shape index (κ1) is 17.6. The van der Waals surface area contributed by atoms with Crippen molar-refractivity contribution in [2.24, 2.45) is 0 Å². The SMILES string of the molecule is COc1ccc(NC(=O)CSc2nc3c(cc2C#N)CCC3)cc1Cl. The highest BCUT2D eigenvalue weighted by Gasteiger charge is 2.17. The number of amides is 1. The van der Waals surface area contributed by atoms with Gasteiger partial charge in [0.15, 0.2) is 0 Å². The van der Waals surface area contributed by atoms with E-state index >= 15 is 0 Å². The van der Waals surface area contributed by atoms with Crippen molar-refractivity contribution < 1.29 is 9.53 Å². The zero-order valence-electron chi connectivity index (χ0n) is 13.6. The molecule has 7 heteroatoms. The van der Waals surface area contributed by atoms with Gasteiger partial charge >= 0.3 is 0 Å². The van der Waals surface area contributed by atoms with E-state index in [0.717, 1.165) is 30.5 Å². The van der Waals surface area contributed by atoms with Crippen molar-refractivity contribution in [1.82, 2.24) is 4.98 Å². The number of aromatic nitrogens is 1. The Morgan fingerprint density at radius 1 is 1.44 bits per heavy atom. The Bertz CT molecular complexity index is 864. The number of pyridine rings is 1. The number of rotatable bonds is 5. The molecule has 0 spiro atoms. The van der Waals surface area contributed by atoms with E-state index in [1.807, 2.05) is 6.07 Å². The minimum atomic E-state index is -0.183. The summed E-state index contributed by atoms with van der Waals surface area (Å²) in [4.78, 5) is 16.7. The van der Waals surface area contributed by atoms with E-state index in [9.17, 15) is 10.1 Å². The maximum Gasteiger partial charge on any atom is 0.234 e. The lowest BCUT2D eigenvalue weighted by Crippen LogP contribution is -2.14. The van der Waals surface area contributed by atoms with Crippen LogP contribution in [0.2, 0.25) is 5.02 Å². The molecule has 0 fully saturated rings. The Kier molecular flexibility index (Phi) is 5.47. The second-order valence-corrected chi connectivity index (χ2v) is 6.97. The maximum absolute atomic E-state index is 12.2. The van der Waals surface area contributed by atoms with Gasteiger partial charge in [-0.3, -0.25) is 4.79 Å². The van der Waals surface area contributed by atoms with Crippen molar-refractivity contribution in [3.63, 3.8) is 0 Å². The predicted molar refractivity (Wildman–Crippen MR) is 98.3 cm³/mol. The predicted octanol–water partition coefficient (Wildman–Crippen LogP) is 3.83. The molecule has 0 atom stereocenters. The molecule has 0 saturated carbocycles. The summed E-state index contributed by atoms with van der Waals surface area (Å²) in [5.74, 6) is 0.539. The van der Waals surface area contributed by atoms with Gasteiger partial charge in [0.2, 0.25) is 5.91 Å². The molecular weight excluding hydrogens is 358 g/mol. The van der Waals surface area contributed by atoms with Crippen LogP contribution in [0.3, 0.4) is 0 Å². The number of nitrogens with one attached hydrogen (secondary N) is 1. The zero-order chi connectivity index (χ0) is 17.8. The fourth-order valence-electron chi connectivity index (χ4n) is 2.72. The van der Waals surface area contributed by atoms with Crippen LogP contribution in [0.25, 0.3) is 0 Å². The molecule has 0 aliphatic heterocycles. The molecule has 1 amide bonds. The van der Waals surface area contributed by atoms with Gasteiger partial charge in [-0.15, -0.1) is 0 Å². The number of hydrogen-bond donors (Lipinski definition) is 1. The summed E-state index contributed by atoms with van der Waals surface area (Å²) in [7, 11) is 1.53. The van der Waals surface area contributed by atoms with Crippen molar-refractivity contribution in [3.8, 4) is 11.8 Å². The molecule has 0 unspecified atom stereocenters. The molecule has 25 heavy (non-hydrogen) atoms. The number of methoxy groups -OCH3 is 1. The molecule has 1 aromatic heterocycles. The summed E-state index contributed by atoms with van der Waals surface area (Å²) in [6.07, 6.45) is 2.98. The largest absolute Gasteiger partial charge is 0.495 e. The monoisotopic (exact) mass is 373 g/mol. The first-order valence-electron chi connectivity index (χ1n) is 7.80. The quantitative estimate of drug-likeness (QED) is 0.806. The van der Waals surface area contributed by atoms with Crippen LogP contribution in [0.4, 0.5) is 5.69 Å². The molecule has 0 bridgehead atoms. The highest BCUT2D eigenvalue weighted by Crippen LogP contribution is 2.29. The van der Waals surface area contributed by atoms with E-state index in [1.54, 1.807) is 18.2 Å². The van der Waals surface area contributed by atoms with Crippen LogP contribution in [0.1, 0.15) is 23.2 Å². The van der Waals surface area contributed by atoms with Crippen LogP contribution in [0.15, 0.2) is 29.3 Å². The number of hydrogen-bond acceptors (Lipinski definition) is 5. The van der Waals surface area contributed by atoms with Gasteiger partial charge < -0.3 is 10.1 Å². The third-order valence-corrected chi connectivity index (χ3v) is 5.20. The summed E-state index contributed by atoms with van der Waals surface area (Å²) < 4.78 is 5.08. The van der Waals surface area contributed by atoms with E-state index in [4.69, 9.17) is 16.3 Å². The first-order valence-corrected chi connectivity index (χ1v) is 9.16. The molecule has 1 heterocycles. The molecule has 3 rings (SSSR count). The van der Waals surface area contributed by atoms with Crippen LogP contribution >= 0.6 is 23.4 Å². The van der Waals surface area contributed by atoms with Crippen LogP contribution in [-0.2, 0) is 17.6 Å². The van der Waals surface area contributed by atoms with E-state index in [0.29, 0.717) is 27.0 Å². The number of fused-ring (bicyclic) bond motifs is 1. The second-order valence-electron chi connectivity index (χ2n) is 5.60. The molecule has 0 radical (unpaired) electrons. The molecule has 1 aliphatic carbocycles. The fourth-order valence-corrected chi connectivity index (χ4v) is 3.75. The highest BCUT2D eigenvalue weighted by molar-refractivity contribution is 8.00. The molecule has 1 N–H and O–H groups in total. The standard InChI is InChI=1S/C18H16ClN3O2S/c1-24-16-6-5-13(8-14(16)19)21-17(23)10-25-18-12(9-20)7-11-3-2-4-15(11)22-18/h5-8H,2-4,10H2,1H3,(H,21,23). The van der Waals surface area contributed by atoms with Gasteiger partial charge in [-0.2, -0.15) is 5.26 Å². The van der Waals surface area contributed by atoms with Crippen molar-refractivity contribution >= 4 is 35.0 Å². The topological polar surface area (TPSA) is 75.0 Å². The van der Waals surface area contributed by atoms with Gasteiger partial charge in [0.1, 0.15) is 16.8 Å². The van der Waals surface area contributed by atoms with E-state index in [-0.39, 0.29) is 11.7 Å². The van der Waals surface area contributed by atoms with Crippen LogP contribution in [0.5, 0.6) is 5.75 Å². The lowest BCUT2D eigenvalue weighted by Gasteiger charge is -2.09. The Labute approximate surface area is 155 Å². The average molecular weight is 374 g/mol. The molecule has 5 nitrogen and oxygen atoms in total. The number of anilines is 1. The third-order valence-electron chi connectivity index (χ3n) is 3.91. The van der Waals surface area contributed by atoms with E-state index in [1.165, 1.54) is 18.9 Å². The summed E-state index contributed by atoms with van der Waals surface area (Å²) in [6, 6.07) is 9.13. The number of benzene rings is 1. The smallest absolute Gasteiger partial charge is 0.234 e. The van der Waals surface area contributed by atoms with Crippen molar-refractivity contribution in [3.05, 3.63) is 46.1 Å². The Morgan fingerprint density at radius 2 is 2.28 bits per heavy atom. The normalized spacial score (nSPS) is 12.4. The van der Waals surface area contributed by atoms with Crippen LogP contribution in [0, 0.1) is 11.3 Å². The van der Waals surface area contributed by atoms with Crippen LogP contribution in [-0.4, -0.2) is 23.8 Å². The average Bonchev–Trinajstić information content (AvgIpc) is 3.06. The lowest BCUT2D eigenvalue weighted by molar-refractivity contribution is -0.113. The Balaban J connectivity index is 1.65. The maximum atomic E-state index is 12.2. The van der Waals surface area contributed by atoms with Gasteiger partial charge in [-0.1, -0.05) is 23.4 Å². The third kappa shape index (κ3) is 4.06. The first-order chi connectivity index (χ1) is 12.1. The number of carbonyl (C=O) groups is 1. The molecular formula is C18H16ClN3O2S. The van der Waals surface area contributed by atoms with Gasteiger partial charge in [-0.05, 0) is 49.1 Å². The minimum absolute atomic E-state index is 0.171. The van der Waals surface area contributed by atoms with E-state index in [2.05, 4.69) is 16.4 Å². The summed E-state index contributed by atoms with van der Waals surface area (Å²) in [5, 5.41) is 13.1. The number of nitriles is 1.